The Morgan fingerprint density at radius 2 is 2.36 bits per heavy atom. The third kappa shape index (κ3) is 2.14. The van der Waals surface area contributed by atoms with Gasteiger partial charge in [0.2, 0.25) is 5.16 Å². The van der Waals surface area contributed by atoms with Crippen molar-refractivity contribution in [3.05, 3.63) is 5.82 Å². The summed E-state index contributed by atoms with van der Waals surface area (Å²) in [6.07, 6.45) is 4.06. The Morgan fingerprint density at radius 1 is 1.57 bits per heavy atom. The average Bonchev–Trinajstić information content (AvgIpc) is 2.50. The first-order valence-electron chi connectivity index (χ1n) is 4.82. The van der Waals surface area contributed by atoms with Crippen molar-refractivity contribution in [2.24, 2.45) is 5.41 Å². The van der Waals surface area contributed by atoms with Crippen LogP contribution in [0.15, 0.2) is 5.16 Å². The lowest BCUT2D eigenvalue weighted by molar-refractivity contribution is 0.206. The summed E-state index contributed by atoms with van der Waals surface area (Å²) >= 11 is 5.37. The number of nitrogens with zero attached hydrogens (tertiary/aromatic N) is 2. The lowest BCUT2D eigenvalue weighted by atomic mass is 9.72. The third-order valence-corrected chi connectivity index (χ3v) is 5.17. The number of hydrogen-bond acceptors (Lipinski definition) is 3. The van der Waals surface area contributed by atoms with Crippen molar-refractivity contribution in [3.8, 4) is 0 Å². The number of alkyl halides is 1. The van der Waals surface area contributed by atoms with E-state index in [0.717, 1.165) is 22.1 Å². The van der Waals surface area contributed by atoms with Gasteiger partial charge in [-0.2, -0.15) is 0 Å². The molecule has 14 heavy (non-hydrogen) atoms. The van der Waals surface area contributed by atoms with Crippen LogP contribution >= 0.6 is 27.7 Å². The fourth-order valence-electron chi connectivity index (χ4n) is 1.60. The van der Waals surface area contributed by atoms with E-state index in [0.29, 0.717) is 5.41 Å². The molecule has 1 heterocycles. The molecule has 0 radical (unpaired) electrons. The Bertz CT molecular complexity index is 303. The van der Waals surface area contributed by atoms with Gasteiger partial charge in [-0.3, -0.25) is 5.10 Å². The molecule has 1 aliphatic carbocycles. The van der Waals surface area contributed by atoms with E-state index in [4.69, 9.17) is 0 Å². The zero-order valence-electron chi connectivity index (χ0n) is 8.22. The molecule has 5 heteroatoms. The lowest BCUT2D eigenvalue weighted by Gasteiger charge is -2.39. The Balaban J connectivity index is 1.87. The van der Waals surface area contributed by atoms with Crippen molar-refractivity contribution in [1.82, 2.24) is 15.2 Å². The minimum absolute atomic E-state index is 0.513. The summed E-state index contributed by atoms with van der Waals surface area (Å²) in [4.78, 5) is 4.29. The van der Waals surface area contributed by atoms with Gasteiger partial charge < -0.3 is 0 Å². The molecule has 0 unspecified atom stereocenters. The van der Waals surface area contributed by atoms with Gasteiger partial charge in [0.1, 0.15) is 5.82 Å². The van der Waals surface area contributed by atoms with E-state index in [9.17, 15) is 0 Å². The van der Waals surface area contributed by atoms with Crippen LogP contribution in [0.25, 0.3) is 0 Å². The molecule has 1 aromatic heterocycles. The Labute approximate surface area is 96.6 Å². The minimum Gasteiger partial charge on any atom is -0.262 e. The molecule has 1 fully saturated rings. The predicted octanol–water partition coefficient (Wildman–Crippen LogP) is 2.77. The molecule has 0 aliphatic heterocycles. The SMILES string of the molecule is Cc1nc(SCC2(CBr)CCC2)n[nH]1. The highest BCUT2D eigenvalue weighted by Gasteiger charge is 2.36. The van der Waals surface area contributed by atoms with Gasteiger partial charge in [0, 0.05) is 11.1 Å². The maximum absolute atomic E-state index is 4.29. The van der Waals surface area contributed by atoms with Crippen LogP contribution in [0.2, 0.25) is 0 Å². The van der Waals surface area contributed by atoms with E-state index in [1.807, 2.05) is 6.92 Å². The van der Waals surface area contributed by atoms with Gasteiger partial charge in [0.15, 0.2) is 0 Å². The van der Waals surface area contributed by atoms with Gasteiger partial charge in [-0.1, -0.05) is 34.1 Å². The van der Waals surface area contributed by atoms with E-state index in [1.165, 1.54) is 19.3 Å². The lowest BCUT2D eigenvalue weighted by Crippen LogP contribution is -2.33. The molecule has 1 saturated carbocycles. The molecule has 0 amide bonds. The Morgan fingerprint density at radius 3 is 2.79 bits per heavy atom. The summed E-state index contributed by atoms with van der Waals surface area (Å²) in [6.45, 7) is 1.93. The largest absolute Gasteiger partial charge is 0.262 e. The zero-order chi connectivity index (χ0) is 10.0. The Hall–Kier alpha value is -0.0300. The highest BCUT2D eigenvalue weighted by molar-refractivity contribution is 9.09. The van der Waals surface area contributed by atoms with E-state index in [-0.39, 0.29) is 0 Å². The van der Waals surface area contributed by atoms with Crippen molar-refractivity contribution < 1.29 is 0 Å². The fraction of sp³-hybridized carbons (Fsp3) is 0.778. The molecule has 2 rings (SSSR count). The molecule has 1 aromatic rings. The monoisotopic (exact) mass is 275 g/mol. The second-order valence-corrected chi connectivity index (χ2v) is 5.48. The Kier molecular flexibility index (Phi) is 3.17. The van der Waals surface area contributed by atoms with Gasteiger partial charge in [0.05, 0.1) is 0 Å². The molecule has 0 atom stereocenters. The molecule has 0 aromatic carbocycles. The molecule has 0 spiro atoms. The number of nitrogens with one attached hydrogen (secondary N) is 1. The van der Waals surface area contributed by atoms with Crippen molar-refractivity contribution in [2.45, 2.75) is 31.3 Å². The van der Waals surface area contributed by atoms with Crippen molar-refractivity contribution in [2.75, 3.05) is 11.1 Å². The van der Waals surface area contributed by atoms with Gasteiger partial charge >= 0.3 is 0 Å². The molecule has 1 aliphatic rings. The number of halogens is 1. The van der Waals surface area contributed by atoms with Crippen molar-refractivity contribution >= 4 is 27.7 Å². The summed E-state index contributed by atoms with van der Waals surface area (Å²) in [5.74, 6) is 2.03. The van der Waals surface area contributed by atoms with Gasteiger partial charge in [0.25, 0.3) is 0 Å². The summed E-state index contributed by atoms with van der Waals surface area (Å²) < 4.78 is 0. The second-order valence-electron chi connectivity index (χ2n) is 3.98. The van der Waals surface area contributed by atoms with Crippen LogP contribution in [0.4, 0.5) is 0 Å². The highest BCUT2D eigenvalue weighted by Crippen LogP contribution is 2.45. The van der Waals surface area contributed by atoms with Crippen LogP contribution in [0.3, 0.4) is 0 Å². The first-order valence-corrected chi connectivity index (χ1v) is 6.93. The van der Waals surface area contributed by atoms with Crippen LogP contribution < -0.4 is 0 Å². The minimum atomic E-state index is 0.513. The molecule has 78 valence electrons. The quantitative estimate of drug-likeness (QED) is 0.679. The number of rotatable bonds is 4. The molecular weight excluding hydrogens is 262 g/mol. The molecule has 0 bridgehead atoms. The number of H-pyrrole nitrogens is 1. The first kappa shape index (κ1) is 10.5. The summed E-state index contributed by atoms with van der Waals surface area (Å²) in [5, 5.41) is 8.98. The van der Waals surface area contributed by atoms with Crippen LogP contribution in [0.5, 0.6) is 0 Å². The molecule has 0 saturated heterocycles. The fourth-order valence-corrected chi connectivity index (χ4v) is 3.76. The zero-order valence-corrected chi connectivity index (χ0v) is 10.6. The first-order chi connectivity index (χ1) is 6.74. The number of hydrogen-bond donors (Lipinski definition) is 1. The van der Waals surface area contributed by atoms with Crippen LogP contribution in [0, 0.1) is 12.3 Å². The van der Waals surface area contributed by atoms with Crippen molar-refractivity contribution in [3.63, 3.8) is 0 Å². The maximum atomic E-state index is 4.29. The predicted molar refractivity (Wildman–Crippen MR) is 61.9 cm³/mol. The average molecular weight is 276 g/mol. The summed E-state index contributed by atoms with van der Waals surface area (Å²) in [7, 11) is 0. The molecule has 3 nitrogen and oxygen atoms in total. The maximum Gasteiger partial charge on any atom is 0.208 e. The van der Waals surface area contributed by atoms with E-state index < -0.39 is 0 Å². The highest BCUT2D eigenvalue weighted by atomic mass is 79.9. The molecular formula is C9H14BrN3S. The van der Waals surface area contributed by atoms with Crippen LogP contribution in [-0.4, -0.2) is 26.3 Å². The second kappa shape index (κ2) is 4.23. The van der Waals surface area contributed by atoms with E-state index in [2.05, 4.69) is 31.1 Å². The summed E-state index contributed by atoms with van der Waals surface area (Å²) in [6, 6.07) is 0. The summed E-state index contributed by atoms with van der Waals surface area (Å²) in [5.41, 5.74) is 0.513. The number of thioether (sulfide) groups is 1. The topological polar surface area (TPSA) is 41.6 Å². The third-order valence-electron chi connectivity index (χ3n) is 2.78. The number of aryl methyl sites for hydroxylation is 1. The van der Waals surface area contributed by atoms with Gasteiger partial charge in [-0.25, -0.2) is 4.98 Å². The van der Waals surface area contributed by atoms with E-state index in [1.54, 1.807) is 11.8 Å². The number of aromatic amines is 1. The van der Waals surface area contributed by atoms with Crippen molar-refractivity contribution in [1.29, 1.82) is 0 Å². The normalized spacial score (nSPS) is 19.3. The van der Waals surface area contributed by atoms with Crippen LogP contribution in [-0.2, 0) is 0 Å². The smallest absolute Gasteiger partial charge is 0.208 e. The van der Waals surface area contributed by atoms with Gasteiger partial charge in [-0.15, -0.1) is 5.10 Å². The number of aromatic nitrogens is 3. The van der Waals surface area contributed by atoms with Crippen LogP contribution in [0.1, 0.15) is 25.1 Å². The molecule has 1 N–H and O–H groups in total. The standard InChI is InChI=1S/C9H14BrN3S/c1-7-11-8(13-12-7)14-6-9(5-10)3-2-4-9/h2-6H2,1H3,(H,11,12,13). The van der Waals surface area contributed by atoms with Gasteiger partial charge in [-0.05, 0) is 25.2 Å². The van der Waals surface area contributed by atoms with E-state index >= 15 is 0 Å².